The molecular weight excluding hydrogens is 629 g/mol. The van der Waals surface area contributed by atoms with Crippen molar-refractivity contribution in [2.75, 3.05) is 9.80 Å². The molecule has 0 fully saturated rings. The summed E-state index contributed by atoms with van der Waals surface area (Å²) in [5, 5.41) is 2.43. The van der Waals surface area contributed by atoms with E-state index in [-0.39, 0.29) is 0 Å². The van der Waals surface area contributed by atoms with Crippen molar-refractivity contribution in [2.45, 2.75) is 26.7 Å². The Labute approximate surface area is 309 Å². The monoisotopic (exact) mass is 672 g/mol. The summed E-state index contributed by atoms with van der Waals surface area (Å²) in [5.74, 6) is 0. The summed E-state index contributed by atoms with van der Waals surface area (Å²) in [5.41, 5.74) is 14.1. The minimum Gasteiger partial charge on any atom is -0.314 e. The largest absolute Gasteiger partial charge is 0.314 e. The number of benzene rings is 6. The summed E-state index contributed by atoms with van der Waals surface area (Å²) in [6, 6.07) is 47.9. The van der Waals surface area contributed by atoms with E-state index in [2.05, 4.69) is 207 Å². The van der Waals surface area contributed by atoms with Gasteiger partial charge in [-0.1, -0.05) is 141 Å². The summed E-state index contributed by atoms with van der Waals surface area (Å²) in [7, 11) is 0. The molecule has 0 amide bonds. The number of rotatable bonds is 11. The molecule has 254 valence electrons. The molecule has 2 heteroatoms. The van der Waals surface area contributed by atoms with E-state index in [4.69, 9.17) is 0 Å². The van der Waals surface area contributed by atoms with E-state index in [9.17, 15) is 0 Å². The number of nitrogens with zero attached hydrogens (tertiary/aromatic N) is 2. The number of fused-ring (bicyclic) bond motifs is 1. The summed E-state index contributed by atoms with van der Waals surface area (Å²) >= 11 is 0. The lowest BCUT2D eigenvalue weighted by atomic mass is 9.94. The molecule has 52 heavy (non-hydrogen) atoms. The first-order valence-corrected chi connectivity index (χ1v) is 18.0. The lowest BCUT2D eigenvalue weighted by molar-refractivity contribution is 0.929. The van der Waals surface area contributed by atoms with Crippen molar-refractivity contribution in [3.8, 4) is 0 Å². The highest BCUT2D eigenvalue weighted by atomic mass is 15.2. The van der Waals surface area contributed by atoms with Crippen LogP contribution in [0.15, 0.2) is 177 Å². The van der Waals surface area contributed by atoms with Crippen molar-refractivity contribution in [3.05, 3.63) is 204 Å². The quantitative estimate of drug-likeness (QED) is 0.135. The molecule has 0 unspecified atom stereocenters. The lowest BCUT2D eigenvalue weighted by Crippen LogP contribution is -2.19. The summed E-state index contributed by atoms with van der Waals surface area (Å²) in [6.07, 6.45) is 18.9. The molecule has 1 aliphatic carbocycles. The molecule has 2 nitrogen and oxygen atoms in total. The predicted octanol–water partition coefficient (Wildman–Crippen LogP) is 14.6. The lowest BCUT2D eigenvalue weighted by Gasteiger charge is -2.32. The van der Waals surface area contributed by atoms with Crippen LogP contribution in [0.3, 0.4) is 0 Å². The average molecular weight is 673 g/mol. The van der Waals surface area contributed by atoms with E-state index in [0.717, 1.165) is 52.4 Å². The SMILES string of the molecule is C=Cc1cccc(N(C2=CC=C(c3ccc(N(c4cccc(C=C)c4)c4cccc5ccccc45)cc3)CC2)c2cccc(/C=C\C)c2/C=C\C)c1. The molecule has 1 aliphatic rings. The van der Waals surface area contributed by atoms with E-state index in [1.54, 1.807) is 0 Å². The number of hydrogen-bond donors (Lipinski definition) is 0. The van der Waals surface area contributed by atoms with E-state index in [1.165, 1.54) is 38.7 Å². The van der Waals surface area contributed by atoms with Crippen LogP contribution in [0.4, 0.5) is 28.4 Å². The maximum atomic E-state index is 4.05. The Kier molecular flexibility index (Phi) is 10.3. The minimum absolute atomic E-state index is 0.908. The molecule has 0 saturated heterocycles. The molecule has 0 atom stereocenters. The zero-order chi connectivity index (χ0) is 35.9. The van der Waals surface area contributed by atoms with Crippen LogP contribution in [0.25, 0.3) is 40.6 Å². The van der Waals surface area contributed by atoms with Crippen LogP contribution >= 0.6 is 0 Å². The standard InChI is InChI=1S/C50H44N2/c1-5-15-41-20-13-25-49(47(41)16-6-2)51(45-22-11-17-37(7-3)35-45)43-31-27-39(28-32-43)40-29-33-44(34-30-40)52(46-23-12-18-38(8-4)36-46)50-26-14-21-42-19-9-10-24-48(42)50/h5-27,29-31,33-36H,3-4,28,32H2,1-2H3/b15-5-,16-6-. The van der Waals surface area contributed by atoms with Crippen molar-refractivity contribution >= 4 is 69.1 Å². The third-order valence-corrected chi connectivity index (χ3v) is 9.68. The van der Waals surface area contributed by atoms with Gasteiger partial charge in [0, 0.05) is 33.7 Å². The number of allylic oxidation sites excluding steroid dienone is 6. The van der Waals surface area contributed by atoms with Crippen LogP contribution in [0.1, 0.15) is 54.5 Å². The topological polar surface area (TPSA) is 6.48 Å². The first-order valence-electron chi connectivity index (χ1n) is 18.0. The first-order chi connectivity index (χ1) is 25.6. The molecule has 6 aromatic rings. The second-order valence-electron chi connectivity index (χ2n) is 12.9. The van der Waals surface area contributed by atoms with Crippen LogP contribution in [-0.2, 0) is 0 Å². The maximum absolute atomic E-state index is 4.05. The van der Waals surface area contributed by atoms with Crippen molar-refractivity contribution in [1.82, 2.24) is 0 Å². The molecule has 0 N–H and O–H groups in total. The van der Waals surface area contributed by atoms with Crippen molar-refractivity contribution in [1.29, 1.82) is 0 Å². The van der Waals surface area contributed by atoms with Gasteiger partial charge in [0.15, 0.2) is 0 Å². The highest BCUT2D eigenvalue weighted by Crippen LogP contribution is 2.42. The maximum Gasteiger partial charge on any atom is 0.0540 e. The van der Waals surface area contributed by atoms with E-state index in [1.807, 2.05) is 12.2 Å². The second kappa shape index (κ2) is 15.7. The van der Waals surface area contributed by atoms with Crippen LogP contribution in [0.5, 0.6) is 0 Å². The smallest absolute Gasteiger partial charge is 0.0540 e. The molecule has 0 radical (unpaired) electrons. The van der Waals surface area contributed by atoms with Gasteiger partial charge in [0.2, 0.25) is 0 Å². The van der Waals surface area contributed by atoms with Gasteiger partial charge in [-0.3, -0.25) is 0 Å². The van der Waals surface area contributed by atoms with Crippen LogP contribution in [0.2, 0.25) is 0 Å². The van der Waals surface area contributed by atoms with Gasteiger partial charge in [0.1, 0.15) is 0 Å². The van der Waals surface area contributed by atoms with Gasteiger partial charge >= 0.3 is 0 Å². The van der Waals surface area contributed by atoms with Gasteiger partial charge in [-0.05, 0) is 115 Å². The van der Waals surface area contributed by atoms with E-state index < -0.39 is 0 Å². The third-order valence-electron chi connectivity index (χ3n) is 9.68. The molecule has 0 heterocycles. The summed E-state index contributed by atoms with van der Waals surface area (Å²) in [6.45, 7) is 12.2. The van der Waals surface area contributed by atoms with Gasteiger partial charge < -0.3 is 9.80 Å². The molecule has 7 rings (SSSR count). The van der Waals surface area contributed by atoms with Gasteiger partial charge in [0.05, 0.1) is 11.4 Å². The fourth-order valence-electron chi connectivity index (χ4n) is 7.19. The Morgan fingerprint density at radius 2 is 1.17 bits per heavy atom. The zero-order valence-electron chi connectivity index (χ0n) is 30.0. The highest BCUT2D eigenvalue weighted by Gasteiger charge is 2.22. The van der Waals surface area contributed by atoms with Gasteiger partial charge in [-0.15, -0.1) is 0 Å². The van der Waals surface area contributed by atoms with Gasteiger partial charge in [0.25, 0.3) is 0 Å². The fourth-order valence-corrected chi connectivity index (χ4v) is 7.19. The predicted molar refractivity (Wildman–Crippen MR) is 229 cm³/mol. The Morgan fingerprint density at radius 1 is 0.538 bits per heavy atom. The third kappa shape index (κ3) is 6.97. The number of anilines is 5. The Balaban J connectivity index is 1.28. The van der Waals surface area contributed by atoms with Crippen molar-refractivity contribution in [2.24, 2.45) is 0 Å². The Hall–Kier alpha value is -6.38. The fraction of sp³-hybridized carbons (Fsp3) is 0.0800. The Bertz CT molecular complexity index is 2360. The summed E-state index contributed by atoms with van der Waals surface area (Å²) < 4.78 is 0. The van der Waals surface area contributed by atoms with Gasteiger partial charge in [-0.2, -0.15) is 0 Å². The van der Waals surface area contributed by atoms with Crippen LogP contribution in [0, 0.1) is 0 Å². The Morgan fingerprint density at radius 3 is 1.85 bits per heavy atom. The average Bonchev–Trinajstić information content (AvgIpc) is 3.20. The van der Waals surface area contributed by atoms with Crippen LogP contribution in [-0.4, -0.2) is 0 Å². The normalized spacial score (nSPS) is 12.9. The van der Waals surface area contributed by atoms with Crippen molar-refractivity contribution in [3.63, 3.8) is 0 Å². The molecule has 0 spiro atoms. The highest BCUT2D eigenvalue weighted by molar-refractivity contribution is 5.99. The molecule has 0 saturated carbocycles. The zero-order valence-corrected chi connectivity index (χ0v) is 30.0. The summed E-state index contributed by atoms with van der Waals surface area (Å²) in [4.78, 5) is 4.77. The second-order valence-corrected chi connectivity index (χ2v) is 12.9. The molecular formula is C50H44N2. The van der Waals surface area contributed by atoms with E-state index in [0.29, 0.717) is 0 Å². The first kappa shape index (κ1) is 34.1. The molecule has 0 bridgehead atoms. The van der Waals surface area contributed by atoms with Gasteiger partial charge in [-0.25, -0.2) is 0 Å². The number of hydrogen-bond acceptors (Lipinski definition) is 2. The van der Waals surface area contributed by atoms with E-state index >= 15 is 0 Å². The minimum atomic E-state index is 0.908. The molecule has 6 aromatic carbocycles. The van der Waals surface area contributed by atoms with Crippen molar-refractivity contribution < 1.29 is 0 Å². The van der Waals surface area contributed by atoms with Crippen LogP contribution < -0.4 is 9.80 Å². The molecule has 0 aliphatic heterocycles. The molecule has 0 aromatic heterocycles.